The molecule has 0 atom stereocenters. The first-order valence-corrected chi connectivity index (χ1v) is 5.26. The summed E-state index contributed by atoms with van der Waals surface area (Å²) in [5.41, 5.74) is 1.84. The maximum Gasteiger partial charge on any atom is 0.258 e. The van der Waals surface area contributed by atoms with E-state index in [1.54, 1.807) is 6.20 Å². The van der Waals surface area contributed by atoms with Crippen LogP contribution in [0.2, 0.25) is 0 Å². The van der Waals surface area contributed by atoms with E-state index in [1.165, 1.54) is 0 Å². The van der Waals surface area contributed by atoms with Gasteiger partial charge in [-0.3, -0.25) is 4.98 Å². The first-order valence-electron chi connectivity index (χ1n) is 5.26. The number of rotatable bonds is 4. The maximum absolute atomic E-state index is 5.17. The van der Waals surface area contributed by atoms with Gasteiger partial charge in [-0.2, -0.15) is 4.98 Å². The average Bonchev–Trinajstić information content (AvgIpc) is 2.75. The van der Waals surface area contributed by atoms with Gasteiger partial charge in [0, 0.05) is 17.5 Å². The zero-order valence-electron chi connectivity index (χ0n) is 9.40. The number of hydrogen-bond donors (Lipinski definition) is 1. The van der Waals surface area contributed by atoms with Crippen LogP contribution in [0.1, 0.15) is 18.4 Å². The van der Waals surface area contributed by atoms with Gasteiger partial charge in [0.1, 0.15) is 0 Å². The van der Waals surface area contributed by atoms with Crippen LogP contribution in [-0.2, 0) is 6.54 Å². The molecule has 1 N–H and O–H groups in total. The molecule has 0 aliphatic heterocycles. The highest BCUT2D eigenvalue weighted by atomic mass is 16.5. The molecule has 5 heteroatoms. The van der Waals surface area contributed by atoms with Crippen LogP contribution >= 0.6 is 0 Å². The van der Waals surface area contributed by atoms with Gasteiger partial charge in [-0.15, -0.1) is 0 Å². The summed E-state index contributed by atoms with van der Waals surface area (Å²) in [6, 6.07) is 3.78. The Kier molecular flexibility index (Phi) is 3.26. The van der Waals surface area contributed by atoms with Gasteiger partial charge in [0.05, 0.1) is 6.54 Å². The summed E-state index contributed by atoms with van der Waals surface area (Å²) in [6.45, 7) is 5.48. The van der Waals surface area contributed by atoms with E-state index < -0.39 is 0 Å². The van der Waals surface area contributed by atoms with Gasteiger partial charge in [0.15, 0.2) is 5.82 Å². The summed E-state index contributed by atoms with van der Waals surface area (Å²) in [5, 5.41) is 7.03. The van der Waals surface area contributed by atoms with Crippen LogP contribution in [-0.4, -0.2) is 21.7 Å². The molecule has 0 radical (unpaired) electrons. The fraction of sp³-hybridized carbons (Fsp3) is 0.364. The highest BCUT2D eigenvalue weighted by molar-refractivity contribution is 5.52. The van der Waals surface area contributed by atoms with Gasteiger partial charge in [0.2, 0.25) is 0 Å². The second kappa shape index (κ2) is 4.85. The van der Waals surface area contributed by atoms with E-state index in [1.807, 2.05) is 26.0 Å². The van der Waals surface area contributed by atoms with Crippen LogP contribution < -0.4 is 5.32 Å². The van der Waals surface area contributed by atoms with Gasteiger partial charge in [-0.25, -0.2) is 0 Å². The highest BCUT2D eigenvalue weighted by Gasteiger charge is 2.08. The third-order valence-corrected chi connectivity index (χ3v) is 2.14. The number of aryl methyl sites for hydroxylation is 1. The predicted molar refractivity (Wildman–Crippen MR) is 59.6 cm³/mol. The Bertz CT molecular complexity index is 467. The van der Waals surface area contributed by atoms with Crippen LogP contribution in [0.15, 0.2) is 22.9 Å². The van der Waals surface area contributed by atoms with Crippen LogP contribution in [0.5, 0.6) is 0 Å². The molecule has 2 aromatic heterocycles. The molecular weight excluding hydrogens is 204 g/mol. The molecule has 0 aliphatic rings. The van der Waals surface area contributed by atoms with Crippen molar-refractivity contribution in [2.24, 2.45) is 0 Å². The van der Waals surface area contributed by atoms with Crippen molar-refractivity contribution in [3.63, 3.8) is 0 Å². The van der Waals surface area contributed by atoms with E-state index in [9.17, 15) is 0 Å². The molecular formula is C11H14N4O. The molecule has 0 unspecified atom stereocenters. The highest BCUT2D eigenvalue weighted by Crippen LogP contribution is 2.16. The van der Waals surface area contributed by atoms with Crippen molar-refractivity contribution in [2.45, 2.75) is 20.4 Å². The Hall–Kier alpha value is -1.75. The summed E-state index contributed by atoms with van der Waals surface area (Å²) in [5.74, 6) is 1.21. The van der Waals surface area contributed by atoms with E-state index in [0.717, 1.165) is 17.8 Å². The van der Waals surface area contributed by atoms with E-state index in [-0.39, 0.29) is 0 Å². The third-order valence-electron chi connectivity index (χ3n) is 2.14. The smallest absolute Gasteiger partial charge is 0.258 e. The summed E-state index contributed by atoms with van der Waals surface area (Å²) >= 11 is 0. The first-order chi connectivity index (χ1) is 7.79. The molecule has 84 valence electrons. The van der Waals surface area contributed by atoms with E-state index in [2.05, 4.69) is 20.4 Å². The quantitative estimate of drug-likeness (QED) is 0.843. The fourth-order valence-electron chi connectivity index (χ4n) is 1.36. The lowest BCUT2D eigenvalue weighted by Gasteiger charge is -1.94. The zero-order valence-corrected chi connectivity index (χ0v) is 9.40. The molecule has 0 fully saturated rings. The lowest BCUT2D eigenvalue weighted by atomic mass is 10.2. The second-order valence-electron chi connectivity index (χ2n) is 3.48. The van der Waals surface area contributed by atoms with Crippen molar-refractivity contribution >= 4 is 0 Å². The third kappa shape index (κ3) is 2.43. The lowest BCUT2D eigenvalue weighted by Crippen LogP contribution is -2.12. The Labute approximate surface area is 93.9 Å². The van der Waals surface area contributed by atoms with Crippen molar-refractivity contribution < 1.29 is 4.52 Å². The van der Waals surface area contributed by atoms with Crippen molar-refractivity contribution in [1.29, 1.82) is 0 Å². The largest absolute Gasteiger partial charge is 0.334 e. The van der Waals surface area contributed by atoms with Crippen molar-refractivity contribution in [2.75, 3.05) is 6.54 Å². The van der Waals surface area contributed by atoms with Gasteiger partial charge >= 0.3 is 0 Å². The van der Waals surface area contributed by atoms with Crippen molar-refractivity contribution in [3.05, 3.63) is 29.8 Å². The molecule has 2 heterocycles. The fourth-order valence-corrected chi connectivity index (χ4v) is 1.36. The topological polar surface area (TPSA) is 63.8 Å². The lowest BCUT2D eigenvalue weighted by molar-refractivity contribution is 0.420. The minimum absolute atomic E-state index is 0.540. The van der Waals surface area contributed by atoms with Gasteiger partial charge in [-0.05, 0) is 25.6 Å². The minimum Gasteiger partial charge on any atom is -0.334 e. The molecule has 0 saturated carbocycles. The van der Waals surface area contributed by atoms with Crippen LogP contribution in [0.3, 0.4) is 0 Å². The van der Waals surface area contributed by atoms with E-state index >= 15 is 0 Å². The maximum atomic E-state index is 5.17. The predicted octanol–water partition coefficient (Wildman–Crippen LogP) is 1.55. The van der Waals surface area contributed by atoms with Crippen LogP contribution in [0, 0.1) is 6.92 Å². The monoisotopic (exact) mass is 218 g/mol. The summed E-state index contributed by atoms with van der Waals surface area (Å²) in [7, 11) is 0. The zero-order chi connectivity index (χ0) is 11.4. The molecule has 0 aromatic carbocycles. The molecule has 16 heavy (non-hydrogen) atoms. The number of hydrogen-bond acceptors (Lipinski definition) is 5. The summed E-state index contributed by atoms with van der Waals surface area (Å²) in [4.78, 5) is 8.41. The summed E-state index contributed by atoms with van der Waals surface area (Å²) < 4.78 is 5.17. The molecule has 0 bridgehead atoms. The normalized spacial score (nSPS) is 10.6. The standard InChI is InChI=1S/C11H14N4O/c1-3-12-7-10-14-11(16-15-10)9-4-5-13-8(2)6-9/h4-6,12H,3,7H2,1-2H3. The Morgan fingerprint density at radius 1 is 1.44 bits per heavy atom. The molecule has 2 aromatic rings. The minimum atomic E-state index is 0.540. The second-order valence-corrected chi connectivity index (χ2v) is 3.48. The first kappa shape index (κ1) is 10.8. The Morgan fingerprint density at radius 2 is 2.31 bits per heavy atom. The Morgan fingerprint density at radius 3 is 3.06 bits per heavy atom. The molecule has 2 rings (SSSR count). The van der Waals surface area contributed by atoms with Crippen molar-refractivity contribution in [3.8, 4) is 11.5 Å². The van der Waals surface area contributed by atoms with Gasteiger partial charge in [0.25, 0.3) is 5.89 Å². The average molecular weight is 218 g/mol. The SMILES string of the molecule is CCNCc1noc(-c2ccnc(C)c2)n1. The number of aromatic nitrogens is 3. The van der Waals surface area contributed by atoms with Crippen LogP contribution in [0.25, 0.3) is 11.5 Å². The summed E-state index contributed by atoms with van der Waals surface area (Å²) in [6.07, 6.45) is 1.73. The number of pyridine rings is 1. The van der Waals surface area contributed by atoms with Gasteiger partial charge < -0.3 is 9.84 Å². The molecule has 0 saturated heterocycles. The number of nitrogens with one attached hydrogen (secondary N) is 1. The molecule has 0 amide bonds. The van der Waals surface area contributed by atoms with Crippen molar-refractivity contribution in [1.82, 2.24) is 20.4 Å². The molecule has 0 aliphatic carbocycles. The van der Waals surface area contributed by atoms with E-state index in [4.69, 9.17) is 4.52 Å². The van der Waals surface area contributed by atoms with Crippen LogP contribution in [0.4, 0.5) is 0 Å². The molecule has 5 nitrogen and oxygen atoms in total. The number of nitrogens with zero attached hydrogens (tertiary/aromatic N) is 3. The van der Waals surface area contributed by atoms with Gasteiger partial charge in [-0.1, -0.05) is 12.1 Å². The van der Waals surface area contributed by atoms with E-state index in [0.29, 0.717) is 18.3 Å². The molecule has 0 spiro atoms. The Balaban J connectivity index is 2.18.